The zero-order valence-corrected chi connectivity index (χ0v) is 19.1. The van der Waals surface area contributed by atoms with Crippen molar-refractivity contribution in [3.63, 3.8) is 0 Å². The number of nitrogens with zero attached hydrogens (tertiary/aromatic N) is 2. The Bertz CT molecular complexity index is 1460. The third kappa shape index (κ3) is 5.20. The van der Waals surface area contributed by atoms with Crippen molar-refractivity contribution in [3.05, 3.63) is 99.7 Å². The maximum atomic E-state index is 12.8. The lowest BCUT2D eigenvalue weighted by Gasteiger charge is -2.12. The minimum absolute atomic E-state index is 0.0486. The Balaban J connectivity index is 1.66. The summed E-state index contributed by atoms with van der Waals surface area (Å²) in [5.41, 5.74) is 0.545. The third-order valence-electron chi connectivity index (χ3n) is 4.74. The van der Waals surface area contributed by atoms with Gasteiger partial charge in [0, 0.05) is 11.6 Å². The summed E-state index contributed by atoms with van der Waals surface area (Å²) in [4.78, 5) is 26.4. The summed E-state index contributed by atoms with van der Waals surface area (Å²) in [6.07, 6.45) is 1.46. The highest BCUT2D eigenvalue weighted by molar-refractivity contribution is 7.87. The van der Waals surface area contributed by atoms with Crippen LogP contribution in [-0.4, -0.2) is 31.8 Å². The van der Waals surface area contributed by atoms with Gasteiger partial charge in [-0.2, -0.15) is 8.42 Å². The lowest BCUT2D eigenvalue weighted by atomic mass is 10.1. The van der Waals surface area contributed by atoms with Crippen LogP contribution in [0.5, 0.6) is 11.5 Å². The maximum absolute atomic E-state index is 12.8. The van der Waals surface area contributed by atoms with Gasteiger partial charge < -0.3 is 13.7 Å². The second-order valence-electron chi connectivity index (χ2n) is 7.10. The van der Waals surface area contributed by atoms with Crippen LogP contribution >= 0.6 is 0 Å². The fourth-order valence-electron chi connectivity index (χ4n) is 3.21. The Hall–Kier alpha value is -4.51. The minimum atomic E-state index is -4.54. The molecule has 0 fully saturated rings. The van der Waals surface area contributed by atoms with Gasteiger partial charge in [0.1, 0.15) is 0 Å². The predicted octanol–water partition coefficient (Wildman–Crippen LogP) is 4.11. The van der Waals surface area contributed by atoms with E-state index in [9.17, 15) is 23.3 Å². The van der Waals surface area contributed by atoms with Crippen LogP contribution in [0.1, 0.15) is 18.1 Å². The highest BCUT2D eigenvalue weighted by atomic mass is 32.2. The SMILES string of the molecule is CCOc1cc(/C=C2\N=C(c3ccccc3)OC2=O)ccc1OS(=O)(=O)c1ccccc1[N+](=O)[O-]. The first-order chi connectivity index (χ1) is 16.8. The van der Waals surface area contributed by atoms with Crippen LogP contribution in [0.4, 0.5) is 5.69 Å². The molecule has 0 saturated heterocycles. The van der Waals surface area contributed by atoms with Crippen molar-refractivity contribution < 1.29 is 31.8 Å². The average molecular weight is 494 g/mol. The number of benzene rings is 3. The Labute approximate surface area is 200 Å². The number of hydrogen-bond donors (Lipinski definition) is 0. The van der Waals surface area contributed by atoms with Gasteiger partial charge in [-0.25, -0.2) is 9.79 Å². The van der Waals surface area contributed by atoms with Gasteiger partial charge in [-0.15, -0.1) is 0 Å². The van der Waals surface area contributed by atoms with E-state index in [0.717, 1.165) is 12.1 Å². The predicted molar refractivity (Wildman–Crippen MR) is 126 cm³/mol. The molecule has 0 spiro atoms. The molecule has 1 aliphatic rings. The van der Waals surface area contributed by atoms with Gasteiger partial charge in [-0.1, -0.05) is 36.4 Å². The molecule has 0 aromatic heterocycles. The van der Waals surface area contributed by atoms with Gasteiger partial charge >= 0.3 is 16.1 Å². The number of carbonyl (C=O) groups excluding carboxylic acids is 1. The second-order valence-corrected chi connectivity index (χ2v) is 8.62. The normalized spacial score (nSPS) is 14.4. The molecule has 0 atom stereocenters. The lowest BCUT2D eigenvalue weighted by molar-refractivity contribution is -0.387. The smallest absolute Gasteiger partial charge is 0.363 e. The van der Waals surface area contributed by atoms with Crippen LogP contribution in [0.2, 0.25) is 0 Å². The Morgan fingerprint density at radius 1 is 1.03 bits per heavy atom. The minimum Gasteiger partial charge on any atom is -0.490 e. The molecule has 35 heavy (non-hydrogen) atoms. The molecule has 0 aliphatic carbocycles. The number of carbonyl (C=O) groups is 1. The van der Waals surface area contributed by atoms with Gasteiger partial charge in [-0.3, -0.25) is 10.1 Å². The number of rotatable bonds is 8. The van der Waals surface area contributed by atoms with Crippen molar-refractivity contribution in [2.45, 2.75) is 11.8 Å². The monoisotopic (exact) mass is 494 g/mol. The summed E-state index contributed by atoms with van der Waals surface area (Å²) >= 11 is 0. The average Bonchev–Trinajstić information content (AvgIpc) is 3.21. The summed E-state index contributed by atoms with van der Waals surface area (Å²) in [5, 5.41) is 11.2. The van der Waals surface area contributed by atoms with E-state index in [4.69, 9.17) is 13.7 Å². The molecule has 0 unspecified atom stereocenters. The summed E-state index contributed by atoms with van der Waals surface area (Å²) in [7, 11) is -4.54. The molecular weight excluding hydrogens is 476 g/mol. The lowest BCUT2D eigenvalue weighted by Crippen LogP contribution is -2.12. The number of aliphatic imine (C=N–C) groups is 1. The van der Waals surface area contributed by atoms with Crippen LogP contribution in [-0.2, 0) is 19.6 Å². The van der Waals surface area contributed by atoms with Crippen LogP contribution in [0, 0.1) is 10.1 Å². The molecule has 0 saturated carbocycles. The van der Waals surface area contributed by atoms with E-state index in [1.54, 1.807) is 31.2 Å². The molecule has 11 heteroatoms. The van der Waals surface area contributed by atoms with Crippen LogP contribution in [0.25, 0.3) is 6.08 Å². The molecule has 1 heterocycles. The highest BCUT2D eigenvalue weighted by Crippen LogP contribution is 2.34. The van der Waals surface area contributed by atoms with E-state index in [2.05, 4.69) is 4.99 Å². The largest absolute Gasteiger partial charge is 0.490 e. The van der Waals surface area contributed by atoms with Crippen molar-refractivity contribution in [3.8, 4) is 11.5 Å². The van der Waals surface area contributed by atoms with Crippen LogP contribution in [0.3, 0.4) is 0 Å². The fourth-order valence-corrected chi connectivity index (χ4v) is 4.31. The number of nitro benzene ring substituents is 1. The first-order valence-electron chi connectivity index (χ1n) is 10.3. The summed E-state index contributed by atoms with van der Waals surface area (Å²) < 4.78 is 41.5. The molecule has 3 aromatic carbocycles. The molecule has 0 radical (unpaired) electrons. The van der Waals surface area contributed by atoms with Gasteiger partial charge in [0.25, 0.3) is 5.69 Å². The van der Waals surface area contributed by atoms with Gasteiger partial charge in [0.15, 0.2) is 22.1 Å². The maximum Gasteiger partial charge on any atom is 0.363 e. The molecule has 4 rings (SSSR count). The second kappa shape index (κ2) is 9.77. The zero-order chi connectivity index (χ0) is 25.0. The highest BCUT2D eigenvalue weighted by Gasteiger charge is 2.28. The Kier molecular flexibility index (Phi) is 6.60. The zero-order valence-electron chi connectivity index (χ0n) is 18.3. The quantitative estimate of drug-likeness (QED) is 0.150. The number of cyclic esters (lactones) is 1. The van der Waals surface area contributed by atoms with E-state index in [0.29, 0.717) is 11.1 Å². The van der Waals surface area contributed by atoms with Crippen molar-refractivity contribution in [1.29, 1.82) is 0 Å². The van der Waals surface area contributed by atoms with Crippen molar-refractivity contribution >= 4 is 33.7 Å². The molecule has 1 aliphatic heterocycles. The number of ether oxygens (including phenoxy) is 2. The number of para-hydroxylation sites is 1. The third-order valence-corrected chi connectivity index (χ3v) is 6.03. The van der Waals surface area contributed by atoms with E-state index in [-0.39, 0.29) is 29.7 Å². The van der Waals surface area contributed by atoms with Gasteiger partial charge in [0.05, 0.1) is 11.5 Å². The van der Waals surface area contributed by atoms with E-state index in [1.165, 1.54) is 36.4 Å². The van der Waals surface area contributed by atoms with Crippen molar-refractivity contribution in [2.75, 3.05) is 6.61 Å². The molecule has 3 aromatic rings. The number of esters is 1. The molecule has 178 valence electrons. The molecule has 10 nitrogen and oxygen atoms in total. The number of hydrogen-bond acceptors (Lipinski definition) is 9. The molecule has 0 N–H and O–H groups in total. The van der Waals surface area contributed by atoms with Crippen molar-refractivity contribution in [2.24, 2.45) is 4.99 Å². The first kappa shape index (κ1) is 23.6. The Morgan fingerprint density at radius 2 is 1.74 bits per heavy atom. The summed E-state index contributed by atoms with van der Waals surface area (Å²) in [5.74, 6) is -0.583. The first-order valence-corrected chi connectivity index (χ1v) is 11.7. The molecule has 0 bridgehead atoms. The summed E-state index contributed by atoms with van der Waals surface area (Å²) in [6, 6.07) is 18.1. The fraction of sp³-hybridized carbons (Fsp3) is 0.0833. The van der Waals surface area contributed by atoms with Crippen molar-refractivity contribution in [1.82, 2.24) is 0 Å². The topological polar surface area (TPSA) is 134 Å². The standard InChI is InChI=1S/C24H18N2O8S/c1-2-32-21-15-16(14-18-24(27)33-23(25-18)17-8-4-3-5-9-17)12-13-20(21)34-35(30,31)22-11-7-6-10-19(22)26(28)29/h3-15H,2H2,1H3/b18-14-. The van der Waals surface area contributed by atoms with Crippen LogP contribution in [0.15, 0.2) is 88.4 Å². The number of nitro groups is 1. The summed E-state index contributed by atoms with van der Waals surface area (Å²) in [6.45, 7) is 1.87. The van der Waals surface area contributed by atoms with E-state index < -0.39 is 31.6 Å². The van der Waals surface area contributed by atoms with Gasteiger partial charge in [0.2, 0.25) is 5.90 Å². The molecule has 0 amide bonds. The van der Waals surface area contributed by atoms with E-state index >= 15 is 0 Å². The van der Waals surface area contributed by atoms with Gasteiger partial charge in [-0.05, 0) is 48.9 Å². The van der Waals surface area contributed by atoms with E-state index in [1.807, 2.05) is 6.07 Å². The Morgan fingerprint density at radius 3 is 2.46 bits per heavy atom. The van der Waals surface area contributed by atoms with Crippen LogP contribution < -0.4 is 8.92 Å². The molecular formula is C24H18N2O8S.